The summed E-state index contributed by atoms with van der Waals surface area (Å²) in [6.07, 6.45) is 5.35. The number of amides is 1. The van der Waals surface area contributed by atoms with Gasteiger partial charge in [0.15, 0.2) is 0 Å². The second kappa shape index (κ2) is 4.02. The molecule has 3 heteroatoms. The van der Waals surface area contributed by atoms with E-state index in [1.54, 1.807) is 0 Å². The zero-order valence-corrected chi connectivity index (χ0v) is 10.6. The second-order valence-corrected chi connectivity index (χ2v) is 6.31. The number of carbonyl (C=O) groups excluding carboxylic acids is 1. The molecule has 0 unspecified atom stereocenters. The zero-order valence-electron chi connectivity index (χ0n) is 10.6. The average molecular weight is 225 g/mol. The van der Waals surface area contributed by atoms with Crippen LogP contribution >= 0.6 is 0 Å². The highest BCUT2D eigenvalue weighted by Gasteiger charge is 2.53. The minimum absolute atomic E-state index is 0.0295. The minimum Gasteiger partial charge on any atom is -0.366 e. The Labute approximate surface area is 97.9 Å². The van der Waals surface area contributed by atoms with Crippen LogP contribution in [0.3, 0.4) is 0 Å². The van der Waals surface area contributed by atoms with Crippen LogP contribution in [-0.4, -0.2) is 24.7 Å². The Morgan fingerprint density at radius 3 is 2.44 bits per heavy atom. The lowest BCUT2D eigenvalue weighted by Gasteiger charge is -2.20. The highest BCUT2D eigenvalue weighted by Crippen LogP contribution is 2.60. The number of hydrogen-bond acceptors (Lipinski definition) is 2. The van der Waals surface area contributed by atoms with E-state index in [-0.39, 0.29) is 18.1 Å². The molecular weight excluding hydrogens is 202 g/mol. The largest absolute Gasteiger partial charge is 0.366 e. The van der Waals surface area contributed by atoms with Crippen molar-refractivity contribution in [1.82, 2.24) is 5.32 Å². The predicted octanol–water partition coefficient (Wildman–Crippen LogP) is 2.11. The van der Waals surface area contributed by atoms with Gasteiger partial charge >= 0.3 is 0 Å². The first-order valence-corrected chi connectivity index (χ1v) is 6.32. The summed E-state index contributed by atoms with van der Waals surface area (Å²) in [7, 11) is 0. The van der Waals surface area contributed by atoms with Gasteiger partial charge in [-0.3, -0.25) is 4.79 Å². The first-order chi connectivity index (χ1) is 7.41. The molecule has 0 aliphatic heterocycles. The van der Waals surface area contributed by atoms with E-state index >= 15 is 0 Å². The van der Waals surface area contributed by atoms with Crippen molar-refractivity contribution in [3.63, 3.8) is 0 Å². The van der Waals surface area contributed by atoms with Crippen LogP contribution in [0.4, 0.5) is 0 Å². The van der Waals surface area contributed by atoms with E-state index in [1.165, 1.54) is 25.7 Å². The van der Waals surface area contributed by atoms with Crippen molar-refractivity contribution < 1.29 is 9.53 Å². The molecule has 2 fully saturated rings. The molecule has 1 N–H and O–H groups in total. The lowest BCUT2D eigenvalue weighted by Crippen LogP contribution is -2.36. The normalized spacial score (nSPS) is 22.9. The summed E-state index contributed by atoms with van der Waals surface area (Å²) in [5, 5.41) is 3.02. The highest BCUT2D eigenvalue weighted by atomic mass is 16.5. The smallest absolute Gasteiger partial charge is 0.246 e. The van der Waals surface area contributed by atoms with E-state index in [1.807, 2.05) is 20.8 Å². The summed E-state index contributed by atoms with van der Waals surface area (Å²) < 4.78 is 5.44. The Hall–Kier alpha value is -0.570. The van der Waals surface area contributed by atoms with Crippen molar-refractivity contribution in [3.8, 4) is 0 Å². The van der Waals surface area contributed by atoms with Crippen LogP contribution in [0.15, 0.2) is 0 Å². The minimum atomic E-state index is -0.231. The van der Waals surface area contributed by atoms with E-state index in [4.69, 9.17) is 4.74 Å². The van der Waals surface area contributed by atoms with Crippen LogP contribution in [0.5, 0.6) is 0 Å². The molecule has 0 aromatic carbocycles. The molecule has 16 heavy (non-hydrogen) atoms. The van der Waals surface area contributed by atoms with Crippen molar-refractivity contribution in [2.24, 2.45) is 11.3 Å². The molecule has 0 spiro atoms. The second-order valence-electron chi connectivity index (χ2n) is 6.31. The molecule has 92 valence electrons. The average Bonchev–Trinajstić information content (AvgIpc) is 2.98. The lowest BCUT2D eigenvalue weighted by molar-refractivity contribution is -0.130. The summed E-state index contributed by atoms with van der Waals surface area (Å²) in [6, 6.07) is 0. The van der Waals surface area contributed by atoms with Gasteiger partial charge in [0.05, 0.1) is 5.60 Å². The van der Waals surface area contributed by atoms with Gasteiger partial charge in [0.1, 0.15) is 6.61 Å². The van der Waals surface area contributed by atoms with Gasteiger partial charge in [-0.2, -0.15) is 0 Å². The Kier molecular flexibility index (Phi) is 2.99. The Bertz CT molecular complexity index is 272. The maximum absolute atomic E-state index is 11.6. The van der Waals surface area contributed by atoms with Crippen molar-refractivity contribution in [3.05, 3.63) is 0 Å². The lowest BCUT2D eigenvalue weighted by atomic mass is 10.0. The molecule has 0 atom stereocenters. The summed E-state index contributed by atoms with van der Waals surface area (Å²) in [6.45, 7) is 6.95. The molecule has 0 radical (unpaired) electrons. The van der Waals surface area contributed by atoms with Crippen LogP contribution in [0.2, 0.25) is 0 Å². The third-order valence-corrected chi connectivity index (χ3v) is 3.61. The number of rotatable bonds is 5. The van der Waals surface area contributed by atoms with Crippen LogP contribution in [0.25, 0.3) is 0 Å². The topological polar surface area (TPSA) is 38.3 Å². The first-order valence-electron chi connectivity index (χ1n) is 6.32. The molecule has 0 saturated heterocycles. The van der Waals surface area contributed by atoms with Gasteiger partial charge in [0.25, 0.3) is 0 Å². The quantitative estimate of drug-likeness (QED) is 0.778. The summed E-state index contributed by atoms with van der Waals surface area (Å²) >= 11 is 0. The maximum atomic E-state index is 11.6. The molecule has 0 bridgehead atoms. The first kappa shape index (κ1) is 11.9. The van der Waals surface area contributed by atoms with Gasteiger partial charge in [-0.25, -0.2) is 0 Å². The molecule has 2 aliphatic carbocycles. The van der Waals surface area contributed by atoms with Crippen LogP contribution in [0.1, 0.15) is 46.5 Å². The predicted molar refractivity (Wildman–Crippen MR) is 63.1 cm³/mol. The number of hydrogen-bond donors (Lipinski definition) is 1. The van der Waals surface area contributed by atoms with Crippen LogP contribution < -0.4 is 5.32 Å². The Balaban J connectivity index is 1.64. The summed E-state index contributed by atoms with van der Waals surface area (Å²) in [4.78, 5) is 11.6. The van der Waals surface area contributed by atoms with Gasteiger partial charge in [-0.15, -0.1) is 0 Å². The van der Waals surface area contributed by atoms with E-state index < -0.39 is 0 Å². The fraction of sp³-hybridized carbons (Fsp3) is 0.923. The Morgan fingerprint density at radius 1 is 1.38 bits per heavy atom. The van der Waals surface area contributed by atoms with Gasteiger partial charge in [-0.1, -0.05) is 0 Å². The molecule has 3 nitrogen and oxygen atoms in total. The molecule has 2 aliphatic rings. The fourth-order valence-electron chi connectivity index (χ4n) is 2.19. The molecule has 0 heterocycles. The van der Waals surface area contributed by atoms with Crippen molar-refractivity contribution in [1.29, 1.82) is 0 Å². The number of nitrogens with one attached hydrogen (secondary N) is 1. The molecular formula is C13H23NO2. The monoisotopic (exact) mass is 225 g/mol. The molecule has 0 aromatic heterocycles. The third kappa shape index (κ3) is 3.21. The van der Waals surface area contributed by atoms with Crippen LogP contribution in [0, 0.1) is 11.3 Å². The Morgan fingerprint density at radius 2 is 2.00 bits per heavy atom. The summed E-state index contributed by atoms with van der Waals surface area (Å²) in [5.74, 6) is 0.929. The fourth-order valence-corrected chi connectivity index (χ4v) is 2.19. The molecule has 2 rings (SSSR count). The van der Waals surface area contributed by atoms with Gasteiger partial charge in [0.2, 0.25) is 5.91 Å². The van der Waals surface area contributed by atoms with Crippen molar-refractivity contribution in [2.75, 3.05) is 13.2 Å². The van der Waals surface area contributed by atoms with E-state index in [0.717, 1.165) is 12.5 Å². The van der Waals surface area contributed by atoms with E-state index in [2.05, 4.69) is 5.32 Å². The van der Waals surface area contributed by atoms with Crippen molar-refractivity contribution in [2.45, 2.75) is 52.1 Å². The molecule has 0 aromatic rings. The maximum Gasteiger partial charge on any atom is 0.246 e. The standard InChI is InChI=1S/C13H23NO2/c1-12(2,3)16-8-11(15)14-9-13(6-7-13)10-4-5-10/h10H,4-9H2,1-3H3,(H,14,15). The third-order valence-electron chi connectivity index (χ3n) is 3.61. The van der Waals surface area contributed by atoms with E-state index in [0.29, 0.717) is 5.41 Å². The van der Waals surface area contributed by atoms with Crippen LogP contribution in [-0.2, 0) is 9.53 Å². The SMILES string of the molecule is CC(C)(C)OCC(=O)NCC1(C2CC2)CC1. The number of ether oxygens (including phenoxy) is 1. The number of carbonyl (C=O) groups is 1. The zero-order chi connectivity index (χ0) is 11.8. The van der Waals surface area contributed by atoms with Gasteiger partial charge in [0, 0.05) is 6.54 Å². The van der Waals surface area contributed by atoms with Gasteiger partial charge in [-0.05, 0) is 57.8 Å². The summed E-state index contributed by atoms with van der Waals surface area (Å²) in [5.41, 5.74) is 0.252. The van der Waals surface area contributed by atoms with Crippen molar-refractivity contribution >= 4 is 5.91 Å². The molecule has 2 saturated carbocycles. The van der Waals surface area contributed by atoms with Gasteiger partial charge < -0.3 is 10.1 Å². The highest BCUT2D eigenvalue weighted by molar-refractivity contribution is 5.77. The molecule has 1 amide bonds. The van der Waals surface area contributed by atoms with E-state index in [9.17, 15) is 4.79 Å².